The van der Waals surface area contributed by atoms with E-state index in [1.54, 1.807) is 31.3 Å². The van der Waals surface area contributed by atoms with E-state index in [2.05, 4.69) is 5.32 Å². The lowest BCUT2D eigenvalue weighted by Crippen LogP contribution is -2.48. The highest BCUT2D eigenvalue weighted by Gasteiger charge is 2.41. The highest BCUT2D eigenvalue weighted by atomic mass is 19.2. The molecule has 3 amide bonds. The van der Waals surface area contributed by atoms with Crippen molar-refractivity contribution >= 4 is 23.3 Å². The van der Waals surface area contributed by atoms with Gasteiger partial charge in [0.2, 0.25) is 5.91 Å². The van der Waals surface area contributed by atoms with E-state index < -0.39 is 23.7 Å². The summed E-state index contributed by atoms with van der Waals surface area (Å²) in [6, 6.07) is 18.8. The molecule has 8 nitrogen and oxygen atoms in total. The van der Waals surface area contributed by atoms with E-state index in [0.29, 0.717) is 17.2 Å². The Morgan fingerprint density at radius 3 is 2.41 bits per heavy atom. The number of fused-ring (bicyclic) bond motifs is 3. The SMILES string of the molecule is COc1ccc(OC)c(C2c3cccn3-c3ccccc3N2C(=O)CN(C(=O)Nc2ccc(F)c(F)c2)C2CC2)c1. The van der Waals surface area contributed by atoms with Crippen LogP contribution in [0.15, 0.2) is 79.0 Å². The Morgan fingerprint density at radius 1 is 0.927 bits per heavy atom. The minimum atomic E-state index is -1.07. The zero-order valence-corrected chi connectivity index (χ0v) is 22.5. The van der Waals surface area contributed by atoms with Gasteiger partial charge in [0.1, 0.15) is 24.1 Å². The maximum atomic E-state index is 14.3. The zero-order valence-electron chi connectivity index (χ0n) is 22.5. The maximum absolute atomic E-state index is 14.3. The van der Waals surface area contributed by atoms with Gasteiger partial charge in [-0.05, 0) is 67.4 Å². The van der Waals surface area contributed by atoms with Crippen LogP contribution in [0.1, 0.15) is 30.1 Å². The quantitative estimate of drug-likeness (QED) is 0.306. The van der Waals surface area contributed by atoms with Crippen LogP contribution in [-0.4, -0.2) is 48.2 Å². The minimum Gasteiger partial charge on any atom is -0.497 e. The summed E-state index contributed by atoms with van der Waals surface area (Å²) in [4.78, 5) is 30.8. The van der Waals surface area contributed by atoms with Crippen LogP contribution in [0, 0.1) is 11.6 Å². The average Bonchev–Trinajstić information content (AvgIpc) is 3.71. The lowest BCUT2D eigenvalue weighted by molar-refractivity contribution is -0.119. The number of amides is 3. The van der Waals surface area contributed by atoms with Gasteiger partial charge in [-0.3, -0.25) is 9.69 Å². The molecule has 2 aliphatic rings. The van der Waals surface area contributed by atoms with Crippen LogP contribution in [0.4, 0.5) is 25.0 Å². The molecule has 6 rings (SSSR count). The molecule has 2 heterocycles. The van der Waals surface area contributed by atoms with Gasteiger partial charge in [0.15, 0.2) is 11.6 Å². The van der Waals surface area contributed by atoms with Crippen molar-refractivity contribution < 1.29 is 27.8 Å². The predicted molar refractivity (Wildman–Crippen MR) is 150 cm³/mol. The summed E-state index contributed by atoms with van der Waals surface area (Å²) >= 11 is 0. The first kappa shape index (κ1) is 26.4. The van der Waals surface area contributed by atoms with E-state index >= 15 is 0 Å². The third-order valence-electron chi connectivity index (χ3n) is 7.44. The molecule has 41 heavy (non-hydrogen) atoms. The molecule has 1 aliphatic carbocycles. The first-order valence-corrected chi connectivity index (χ1v) is 13.2. The lowest BCUT2D eigenvalue weighted by atomic mass is 9.96. The number of halogens is 2. The molecule has 4 aromatic rings. The van der Waals surface area contributed by atoms with Gasteiger partial charge < -0.3 is 24.3 Å². The highest BCUT2D eigenvalue weighted by molar-refractivity contribution is 6.01. The third kappa shape index (κ3) is 4.86. The lowest BCUT2D eigenvalue weighted by Gasteiger charge is -2.40. The van der Waals surface area contributed by atoms with Crippen molar-refractivity contribution in [1.29, 1.82) is 0 Å². The Bertz CT molecular complexity index is 1630. The van der Waals surface area contributed by atoms with E-state index in [1.165, 1.54) is 11.0 Å². The normalized spacial score (nSPS) is 15.5. The first-order valence-electron chi connectivity index (χ1n) is 13.2. The minimum absolute atomic E-state index is 0.104. The van der Waals surface area contributed by atoms with Crippen molar-refractivity contribution in [3.8, 4) is 17.2 Å². The molecule has 0 saturated heterocycles. The van der Waals surface area contributed by atoms with Gasteiger partial charge in [-0.15, -0.1) is 0 Å². The molecule has 1 aromatic heterocycles. The maximum Gasteiger partial charge on any atom is 0.322 e. The van der Waals surface area contributed by atoms with E-state index in [-0.39, 0.29) is 24.2 Å². The molecule has 1 fully saturated rings. The zero-order chi connectivity index (χ0) is 28.7. The van der Waals surface area contributed by atoms with Gasteiger partial charge in [0.25, 0.3) is 0 Å². The van der Waals surface area contributed by atoms with Gasteiger partial charge in [-0.1, -0.05) is 12.1 Å². The van der Waals surface area contributed by atoms with Crippen LogP contribution in [0.25, 0.3) is 5.69 Å². The van der Waals surface area contributed by atoms with E-state index in [1.807, 2.05) is 53.2 Å². The molecule has 1 saturated carbocycles. The predicted octanol–water partition coefficient (Wildman–Crippen LogP) is 5.91. The smallest absolute Gasteiger partial charge is 0.322 e. The Labute approximate surface area is 235 Å². The summed E-state index contributed by atoms with van der Waals surface area (Å²) in [5.41, 5.74) is 3.16. The molecule has 0 radical (unpaired) electrons. The largest absolute Gasteiger partial charge is 0.497 e. The van der Waals surface area contributed by atoms with Crippen molar-refractivity contribution in [3.63, 3.8) is 0 Å². The summed E-state index contributed by atoms with van der Waals surface area (Å²) in [5.74, 6) is -1.21. The van der Waals surface area contributed by atoms with Crippen molar-refractivity contribution in [2.24, 2.45) is 0 Å². The molecular formula is C31H28F2N4O4. The van der Waals surface area contributed by atoms with Crippen molar-refractivity contribution in [2.45, 2.75) is 24.9 Å². The van der Waals surface area contributed by atoms with Crippen molar-refractivity contribution in [2.75, 3.05) is 31.0 Å². The number of urea groups is 1. The number of ether oxygens (including phenoxy) is 2. The number of aromatic nitrogens is 1. The third-order valence-corrected chi connectivity index (χ3v) is 7.44. The van der Waals surface area contributed by atoms with Crippen LogP contribution < -0.4 is 19.7 Å². The standard InChI is InChI=1S/C31H28F2N4O4/c1-40-21-12-14-28(41-2)22(17-21)30-27-8-5-15-35(27)25-6-3-4-7-26(25)37(30)29(38)18-36(20-10-11-20)31(39)34-19-9-13-23(32)24(33)16-19/h3-9,12-17,20,30H,10-11,18H2,1-2H3,(H,34,39). The second kappa shape index (κ2) is 10.6. The molecule has 3 aromatic carbocycles. The number of hydrogen-bond donors (Lipinski definition) is 1. The number of carbonyl (C=O) groups excluding carboxylic acids is 2. The number of hydrogen-bond acceptors (Lipinski definition) is 4. The number of anilines is 2. The summed E-state index contributed by atoms with van der Waals surface area (Å²) in [5, 5.41) is 2.62. The van der Waals surface area contributed by atoms with E-state index in [4.69, 9.17) is 9.47 Å². The monoisotopic (exact) mass is 558 g/mol. The molecule has 1 aliphatic heterocycles. The summed E-state index contributed by atoms with van der Waals surface area (Å²) in [7, 11) is 3.15. The van der Waals surface area contributed by atoms with Gasteiger partial charge in [0.05, 0.1) is 31.3 Å². The second-order valence-electron chi connectivity index (χ2n) is 9.98. The van der Waals surface area contributed by atoms with E-state index in [9.17, 15) is 18.4 Å². The first-order chi connectivity index (χ1) is 19.9. The number of rotatable bonds is 7. The van der Waals surface area contributed by atoms with Crippen molar-refractivity contribution in [3.05, 3.63) is 102 Å². The van der Waals surface area contributed by atoms with Crippen LogP contribution in [0.5, 0.6) is 11.5 Å². The van der Waals surface area contributed by atoms with Gasteiger partial charge >= 0.3 is 6.03 Å². The fourth-order valence-electron chi connectivity index (χ4n) is 5.35. The Kier molecular flexibility index (Phi) is 6.82. The molecule has 1 unspecified atom stereocenters. The number of para-hydroxylation sites is 2. The number of nitrogens with zero attached hydrogens (tertiary/aromatic N) is 3. The number of methoxy groups -OCH3 is 2. The summed E-state index contributed by atoms with van der Waals surface area (Å²) in [6.07, 6.45) is 3.43. The van der Waals surface area contributed by atoms with Gasteiger partial charge in [-0.25, -0.2) is 13.6 Å². The fraction of sp³-hybridized carbons (Fsp3) is 0.226. The van der Waals surface area contributed by atoms with Crippen LogP contribution in [0.2, 0.25) is 0 Å². The summed E-state index contributed by atoms with van der Waals surface area (Å²) < 4.78 is 40.5. The van der Waals surface area contributed by atoms with Gasteiger partial charge in [0, 0.05) is 29.6 Å². The number of carbonyl (C=O) groups is 2. The molecule has 10 heteroatoms. The van der Waals surface area contributed by atoms with Gasteiger partial charge in [-0.2, -0.15) is 0 Å². The van der Waals surface area contributed by atoms with E-state index in [0.717, 1.165) is 41.9 Å². The number of benzene rings is 3. The topological polar surface area (TPSA) is 76.0 Å². The van der Waals surface area contributed by atoms with Crippen LogP contribution in [0.3, 0.4) is 0 Å². The van der Waals surface area contributed by atoms with Crippen molar-refractivity contribution in [1.82, 2.24) is 9.47 Å². The second-order valence-corrected chi connectivity index (χ2v) is 9.98. The Morgan fingerprint density at radius 2 is 1.71 bits per heavy atom. The highest BCUT2D eigenvalue weighted by Crippen LogP contribution is 2.45. The fourth-order valence-corrected chi connectivity index (χ4v) is 5.35. The average molecular weight is 559 g/mol. The molecular weight excluding hydrogens is 530 g/mol. The molecule has 0 bridgehead atoms. The Hall–Kier alpha value is -4.86. The molecule has 1 atom stereocenters. The van der Waals surface area contributed by atoms with Crippen LogP contribution >= 0.6 is 0 Å². The molecule has 0 spiro atoms. The van der Waals surface area contributed by atoms with Crippen LogP contribution in [-0.2, 0) is 4.79 Å². The summed E-state index contributed by atoms with van der Waals surface area (Å²) in [6.45, 7) is -0.224. The molecule has 1 N–H and O–H groups in total. The number of nitrogens with one attached hydrogen (secondary N) is 1. The molecule has 210 valence electrons. The Balaban J connectivity index is 1.39.